The van der Waals surface area contributed by atoms with E-state index in [9.17, 15) is 8.42 Å². The quantitative estimate of drug-likeness (QED) is 0.531. The van der Waals surface area contributed by atoms with Crippen LogP contribution in [0, 0.1) is 4.77 Å². The van der Waals surface area contributed by atoms with Crippen LogP contribution in [0.3, 0.4) is 0 Å². The van der Waals surface area contributed by atoms with Crippen molar-refractivity contribution < 1.29 is 8.42 Å². The molecule has 2 fully saturated rings. The molecule has 5 rings (SSSR count). The Labute approximate surface area is 186 Å². The van der Waals surface area contributed by atoms with Crippen molar-refractivity contribution in [2.75, 3.05) is 26.2 Å². The predicted octanol–water partition coefficient (Wildman–Crippen LogP) is 2.77. The second kappa shape index (κ2) is 8.27. The van der Waals surface area contributed by atoms with E-state index >= 15 is 0 Å². The summed E-state index contributed by atoms with van der Waals surface area (Å²) in [6.45, 7) is 2.70. The van der Waals surface area contributed by atoms with Gasteiger partial charge < -0.3 is 0 Å². The number of hydrogen-bond acceptors (Lipinski definition) is 6. The smallest absolute Gasteiger partial charge is 0.243 e. The summed E-state index contributed by atoms with van der Waals surface area (Å²) in [5.41, 5.74) is 0.957. The summed E-state index contributed by atoms with van der Waals surface area (Å²) in [7, 11) is -3.46. The third-order valence-electron chi connectivity index (χ3n) is 5.75. The topological polar surface area (TPSA) is 76.3 Å². The highest BCUT2D eigenvalue weighted by atomic mass is 32.2. The number of pyridine rings is 1. The second-order valence-electron chi connectivity index (χ2n) is 7.93. The minimum atomic E-state index is -3.46. The summed E-state index contributed by atoms with van der Waals surface area (Å²) < 4.78 is 32.0. The van der Waals surface area contributed by atoms with Gasteiger partial charge in [0.25, 0.3) is 0 Å². The molecule has 0 unspecified atom stereocenters. The molecule has 0 spiro atoms. The lowest BCUT2D eigenvalue weighted by Gasteiger charge is -2.33. The Bertz CT molecular complexity index is 1210. The van der Waals surface area contributed by atoms with E-state index < -0.39 is 10.0 Å². The molecule has 162 valence electrons. The first kappa shape index (κ1) is 20.5. The van der Waals surface area contributed by atoms with Gasteiger partial charge in [-0.05, 0) is 49.3 Å². The number of sulfonamides is 1. The van der Waals surface area contributed by atoms with Gasteiger partial charge >= 0.3 is 0 Å². The van der Waals surface area contributed by atoms with Crippen molar-refractivity contribution in [3.8, 4) is 11.4 Å². The molecule has 31 heavy (non-hydrogen) atoms. The van der Waals surface area contributed by atoms with Crippen LogP contribution in [-0.2, 0) is 16.7 Å². The van der Waals surface area contributed by atoms with E-state index in [1.54, 1.807) is 34.8 Å². The molecule has 0 N–H and O–H groups in total. The minimum absolute atomic E-state index is 0.343. The summed E-state index contributed by atoms with van der Waals surface area (Å²) in [6.07, 6.45) is 5.79. The summed E-state index contributed by atoms with van der Waals surface area (Å²) in [4.78, 5) is 6.76. The first-order valence-electron chi connectivity index (χ1n) is 10.4. The van der Waals surface area contributed by atoms with Gasteiger partial charge in [0.2, 0.25) is 10.0 Å². The lowest BCUT2D eigenvalue weighted by atomic mass is 10.3. The molecule has 10 heteroatoms. The van der Waals surface area contributed by atoms with Gasteiger partial charge in [-0.1, -0.05) is 18.2 Å². The summed E-state index contributed by atoms with van der Waals surface area (Å²) >= 11 is 5.75. The molecule has 0 bridgehead atoms. The highest BCUT2D eigenvalue weighted by Crippen LogP contribution is 2.38. The van der Waals surface area contributed by atoms with E-state index in [0.29, 0.717) is 48.6 Å². The fraction of sp³-hybridized carbons (Fsp3) is 0.381. The molecule has 1 aliphatic heterocycles. The Balaban J connectivity index is 1.32. The van der Waals surface area contributed by atoms with Gasteiger partial charge in [0, 0.05) is 50.2 Å². The Morgan fingerprint density at radius 2 is 1.74 bits per heavy atom. The number of rotatable bonds is 6. The van der Waals surface area contributed by atoms with Crippen LogP contribution in [0.2, 0.25) is 0 Å². The lowest BCUT2D eigenvalue weighted by Crippen LogP contribution is -2.48. The van der Waals surface area contributed by atoms with Crippen LogP contribution in [0.25, 0.3) is 11.4 Å². The van der Waals surface area contributed by atoms with Crippen LogP contribution in [0.1, 0.15) is 18.9 Å². The molecule has 1 saturated carbocycles. The number of benzene rings is 1. The molecule has 0 atom stereocenters. The molecule has 8 nitrogen and oxygen atoms in total. The molecule has 1 saturated heterocycles. The van der Waals surface area contributed by atoms with Gasteiger partial charge in [0.05, 0.1) is 11.6 Å². The van der Waals surface area contributed by atoms with E-state index in [0.717, 1.165) is 24.2 Å². The molecule has 0 radical (unpaired) electrons. The third kappa shape index (κ3) is 4.08. The molecule has 3 aromatic rings. The van der Waals surface area contributed by atoms with Gasteiger partial charge in [-0.25, -0.2) is 13.1 Å². The molecule has 3 heterocycles. The molecule has 2 aliphatic rings. The molecule has 1 aromatic carbocycles. The largest absolute Gasteiger partial charge is 0.297 e. The van der Waals surface area contributed by atoms with Gasteiger partial charge in [0.1, 0.15) is 0 Å². The summed E-state index contributed by atoms with van der Waals surface area (Å²) in [6, 6.07) is 12.9. The van der Waals surface area contributed by atoms with Crippen LogP contribution in [0.5, 0.6) is 0 Å². The zero-order chi connectivity index (χ0) is 21.4. The van der Waals surface area contributed by atoms with Crippen LogP contribution in [-0.4, -0.2) is 63.1 Å². The van der Waals surface area contributed by atoms with E-state index in [4.69, 9.17) is 17.3 Å². The molecule has 2 aromatic heterocycles. The minimum Gasteiger partial charge on any atom is -0.297 e. The van der Waals surface area contributed by atoms with Crippen molar-refractivity contribution >= 4 is 22.2 Å². The number of aromatic nitrogens is 4. The predicted molar refractivity (Wildman–Crippen MR) is 119 cm³/mol. The van der Waals surface area contributed by atoms with Gasteiger partial charge in [0.15, 0.2) is 10.6 Å². The van der Waals surface area contributed by atoms with Gasteiger partial charge in [-0.15, -0.1) is 0 Å². The van der Waals surface area contributed by atoms with Crippen molar-refractivity contribution in [3.05, 3.63) is 59.6 Å². The fourth-order valence-corrected chi connectivity index (χ4v) is 5.69. The number of hydrogen-bond donors (Lipinski definition) is 0. The monoisotopic (exact) mass is 456 g/mol. The average Bonchev–Trinajstić information content (AvgIpc) is 3.59. The third-order valence-corrected chi connectivity index (χ3v) is 8.07. The maximum Gasteiger partial charge on any atom is 0.243 e. The molecular weight excluding hydrogens is 432 g/mol. The van der Waals surface area contributed by atoms with E-state index in [1.807, 2.05) is 29.1 Å². The van der Waals surface area contributed by atoms with Crippen LogP contribution in [0.15, 0.2) is 59.8 Å². The van der Waals surface area contributed by atoms with Crippen molar-refractivity contribution in [1.29, 1.82) is 0 Å². The van der Waals surface area contributed by atoms with Gasteiger partial charge in [-0.3, -0.25) is 14.5 Å². The zero-order valence-electron chi connectivity index (χ0n) is 17.0. The van der Waals surface area contributed by atoms with Crippen LogP contribution in [0.4, 0.5) is 0 Å². The van der Waals surface area contributed by atoms with E-state index in [2.05, 4.69) is 14.5 Å². The van der Waals surface area contributed by atoms with Crippen molar-refractivity contribution in [2.24, 2.45) is 0 Å². The molecule has 0 amide bonds. The van der Waals surface area contributed by atoms with Crippen molar-refractivity contribution in [1.82, 2.24) is 28.5 Å². The lowest BCUT2D eigenvalue weighted by molar-refractivity contribution is 0.144. The first-order valence-corrected chi connectivity index (χ1v) is 12.3. The maximum atomic E-state index is 12.9. The second-order valence-corrected chi connectivity index (χ2v) is 10.2. The zero-order valence-corrected chi connectivity index (χ0v) is 18.7. The molecule has 1 aliphatic carbocycles. The maximum absolute atomic E-state index is 12.9. The van der Waals surface area contributed by atoms with E-state index in [1.165, 1.54) is 0 Å². The van der Waals surface area contributed by atoms with Crippen LogP contribution >= 0.6 is 12.2 Å². The summed E-state index contributed by atoms with van der Waals surface area (Å²) in [5, 5.41) is 4.81. The Hall–Kier alpha value is -2.40. The first-order chi connectivity index (χ1) is 15.0. The molecular formula is C21H24N6O2S2. The summed E-state index contributed by atoms with van der Waals surface area (Å²) in [5.74, 6) is 0.853. The fourth-order valence-electron chi connectivity index (χ4n) is 3.91. The van der Waals surface area contributed by atoms with Crippen LogP contribution < -0.4 is 0 Å². The van der Waals surface area contributed by atoms with Crippen molar-refractivity contribution in [2.45, 2.75) is 30.4 Å². The standard InChI is InChI=1S/C21H24N6O2S2/c28-31(29,19-6-2-1-3-7-19)25-13-11-24(12-14-25)16-26-21(30)27(18-8-9-18)20(23-26)17-5-4-10-22-15-17/h1-7,10,15,18H,8-9,11-14,16H2. The normalized spacial score (nSPS) is 18.3. The number of nitrogens with zero attached hydrogens (tertiary/aromatic N) is 6. The Morgan fingerprint density at radius 3 is 2.39 bits per heavy atom. The average molecular weight is 457 g/mol. The SMILES string of the molecule is O=S(=O)(c1ccccc1)N1CCN(Cn2nc(-c3cccnc3)n(C3CC3)c2=S)CC1. The highest BCUT2D eigenvalue weighted by Gasteiger charge is 2.31. The highest BCUT2D eigenvalue weighted by molar-refractivity contribution is 7.89. The van der Waals surface area contributed by atoms with Gasteiger partial charge in [-0.2, -0.15) is 9.40 Å². The Kier molecular flexibility index (Phi) is 5.47. The van der Waals surface area contributed by atoms with Crippen molar-refractivity contribution in [3.63, 3.8) is 0 Å². The Morgan fingerprint density at radius 1 is 1.00 bits per heavy atom. The van der Waals surface area contributed by atoms with E-state index in [-0.39, 0.29) is 0 Å². The number of piperazine rings is 1.